The second-order valence-corrected chi connectivity index (χ2v) is 4.23. The summed E-state index contributed by atoms with van der Waals surface area (Å²) in [4.78, 5) is 18.4. The predicted molar refractivity (Wildman–Crippen MR) is 72.9 cm³/mol. The van der Waals surface area contributed by atoms with E-state index in [1.54, 1.807) is 6.08 Å². The summed E-state index contributed by atoms with van der Waals surface area (Å²) in [6, 6.07) is 3.21. The lowest BCUT2D eigenvalue weighted by atomic mass is 10.1. The van der Waals surface area contributed by atoms with Gasteiger partial charge in [-0.3, -0.25) is 4.79 Å². The third kappa shape index (κ3) is 2.94. The highest BCUT2D eigenvalue weighted by Gasteiger charge is 2.33. The number of aromatic nitrogens is 2. The van der Waals surface area contributed by atoms with E-state index < -0.39 is 17.7 Å². The minimum Gasteiger partial charge on any atom is -0.361 e. The number of aromatic amines is 1. The van der Waals surface area contributed by atoms with Crippen molar-refractivity contribution in [2.75, 3.05) is 0 Å². The van der Waals surface area contributed by atoms with E-state index in [9.17, 15) is 18.0 Å². The Kier molecular flexibility index (Phi) is 3.80. The summed E-state index contributed by atoms with van der Waals surface area (Å²) >= 11 is 0. The van der Waals surface area contributed by atoms with Crippen molar-refractivity contribution in [2.24, 2.45) is 0 Å². The van der Waals surface area contributed by atoms with Gasteiger partial charge in [-0.1, -0.05) is 31.4 Å². The number of carbonyl (C=O) groups is 1. The van der Waals surface area contributed by atoms with Crippen LogP contribution in [0.4, 0.5) is 13.2 Å². The number of hydrogen-bond donors (Lipinski definition) is 1. The molecule has 2 heterocycles. The van der Waals surface area contributed by atoms with E-state index in [0.29, 0.717) is 10.6 Å². The van der Waals surface area contributed by atoms with E-state index in [1.165, 1.54) is 18.3 Å². The number of hydrogen-bond acceptors (Lipinski definition) is 2. The monoisotopic (exact) mass is 292 g/mol. The molecule has 21 heavy (non-hydrogen) atoms. The molecule has 6 heteroatoms. The lowest BCUT2D eigenvalue weighted by Crippen LogP contribution is -2.26. The predicted octanol–water partition coefficient (Wildman–Crippen LogP) is 2.04. The van der Waals surface area contributed by atoms with Crippen LogP contribution in [0, 0.1) is 0 Å². The number of H-pyrrole nitrogens is 1. The molecule has 2 rings (SSSR count). The summed E-state index contributed by atoms with van der Waals surface area (Å²) in [5.41, 5.74) is -1.18. The molecular formula is C15H11F3N2O. The Morgan fingerprint density at radius 1 is 1.33 bits per heavy atom. The molecule has 2 aromatic heterocycles. The molecule has 0 bridgehead atoms. The number of allylic oxidation sites excluding steroid dienone is 1. The summed E-state index contributed by atoms with van der Waals surface area (Å²) < 4.78 is 37.9. The van der Waals surface area contributed by atoms with Gasteiger partial charge in [0.05, 0.1) is 0 Å². The van der Waals surface area contributed by atoms with Gasteiger partial charge >= 0.3 is 6.18 Å². The van der Waals surface area contributed by atoms with Gasteiger partial charge in [0.2, 0.25) is 5.78 Å². The van der Waals surface area contributed by atoms with Crippen LogP contribution < -0.4 is 10.6 Å². The molecule has 0 aliphatic heterocycles. The van der Waals surface area contributed by atoms with Gasteiger partial charge in [0.25, 0.3) is 0 Å². The first-order valence-corrected chi connectivity index (χ1v) is 5.92. The molecule has 0 amide bonds. The molecule has 108 valence electrons. The van der Waals surface area contributed by atoms with Crippen molar-refractivity contribution in [1.29, 1.82) is 0 Å². The maximum Gasteiger partial charge on any atom is 0.433 e. The van der Waals surface area contributed by atoms with Gasteiger partial charge < -0.3 is 4.98 Å². The smallest absolute Gasteiger partial charge is 0.361 e. The van der Waals surface area contributed by atoms with Crippen LogP contribution in [0.1, 0.15) is 21.7 Å². The van der Waals surface area contributed by atoms with Gasteiger partial charge in [-0.25, -0.2) is 4.98 Å². The minimum absolute atomic E-state index is 0.201. The molecular weight excluding hydrogens is 281 g/mol. The standard InChI is InChI=1S/C15H11F3N2O/c1-3-5-10-9(2)19-8-11(10)14(21)12-6-4-7-13(20-12)15(16,17)18/h3-8,19H,1-2H2/b10-5+. The Morgan fingerprint density at radius 2 is 2.05 bits per heavy atom. The molecule has 0 aliphatic rings. The number of alkyl halides is 3. The normalized spacial score (nSPS) is 12.4. The zero-order valence-corrected chi connectivity index (χ0v) is 10.9. The van der Waals surface area contributed by atoms with Crippen molar-refractivity contribution in [1.82, 2.24) is 9.97 Å². The first-order chi connectivity index (χ1) is 9.84. The van der Waals surface area contributed by atoms with Crippen LogP contribution in [0.2, 0.25) is 0 Å². The molecule has 0 aromatic carbocycles. The Balaban J connectivity index is 2.54. The van der Waals surface area contributed by atoms with E-state index in [4.69, 9.17) is 0 Å². The van der Waals surface area contributed by atoms with Gasteiger partial charge in [-0.2, -0.15) is 13.2 Å². The molecule has 0 fully saturated rings. The Bertz CT molecular complexity index is 803. The summed E-state index contributed by atoms with van der Waals surface area (Å²) in [7, 11) is 0. The average molecular weight is 292 g/mol. The van der Waals surface area contributed by atoms with Crippen LogP contribution >= 0.6 is 0 Å². The fraction of sp³-hybridized carbons (Fsp3) is 0.0667. The van der Waals surface area contributed by atoms with Crippen LogP contribution in [0.3, 0.4) is 0 Å². The van der Waals surface area contributed by atoms with Crippen molar-refractivity contribution in [2.45, 2.75) is 6.18 Å². The largest absolute Gasteiger partial charge is 0.433 e. The number of halogens is 3. The zero-order chi connectivity index (χ0) is 15.6. The number of pyridine rings is 1. The lowest BCUT2D eigenvalue weighted by Gasteiger charge is -2.06. The maximum absolute atomic E-state index is 12.6. The number of rotatable bonds is 3. The third-order valence-corrected chi connectivity index (χ3v) is 2.81. The SMILES string of the molecule is C=C/C=c1/c(C(=O)c2cccc(C(F)(F)F)n2)c[nH]c1=C. The summed E-state index contributed by atoms with van der Waals surface area (Å²) in [6.45, 7) is 7.23. The molecule has 1 N–H and O–H groups in total. The molecule has 0 saturated heterocycles. The number of nitrogens with one attached hydrogen (secondary N) is 1. The minimum atomic E-state index is -4.60. The van der Waals surface area contributed by atoms with Gasteiger partial charge in [-0.05, 0) is 12.1 Å². The van der Waals surface area contributed by atoms with E-state index in [0.717, 1.165) is 12.1 Å². The highest BCUT2D eigenvalue weighted by molar-refractivity contribution is 6.07. The Hall–Kier alpha value is -2.63. The maximum atomic E-state index is 12.6. The van der Waals surface area contributed by atoms with Crippen LogP contribution in [-0.2, 0) is 6.18 Å². The van der Waals surface area contributed by atoms with Gasteiger partial charge in [0.15, 0.2) is 0 Å². The summed E-state index contributed by atoms with van der Waals surface area (Å²) in [6.07, 6.45) is -0.183. The average Bonchev–Trinajstić information content (AvgIpc) is 2.79. The first-order valence-electron chi connectivity index (χ1n) is 5.92. The zero-order valence-electron chi connectivity index (χ0n) is 10.9. The Labute approximate surface area is 118 Å². The Morgan fingerprint density at radius 3 is 2.67 bits per heavy atom. The number of nitrogens with zero attached hydrogens (tertiary/aromatic N) is 1. The molecule has 0 atom stereocenters. The topological polar surface area (TPSA) is 45.8 Å². The third-order valence-electron chi connectivity index (χ3n) is 2.81. The van der Waals surface area contributed by atoms with Gasteiger partial charge in [0, 0.05) is 22.3 Å². The fourth-order valence-corrected chi connectivity index (χ4v) is 1.83. The van der Waals surface area contributed by atoms with Gasteiger partial charge in [-0.15, -0.1) is 0 Å². The van der Waals surface area contributed by atoms with Crippen molar-refractivity contribution in [3.8, 4) is 0 Å². The summed E-state index contributed by atoms with van der Waals surface area (Å²) in [5.74, 6) is -0.611. The molecule has 0 aliphatic carbocycles. The second kappa shape index (κ2) is 5.40. The van der Waals surface area contributed by atoms with Crippen molar-refractivity contribution in [3.63, 3.8) is 0 Å². The van der Waals surface area contributed by atoms with Crippen molar-refractivity contribution >= 4 is 18.4 Å². The van der Waals surface area contributed by atoms with Crippen LogP contribution in [0.25, 0.3) is 12.7 Å². The van der Waals surface area contributed by atoms with Crippen LogP contribution in [-0.4, -0.2) is 15.8 Å². The summed E-state index contributed by atoms with van der Waals surface area (Å²) in [5, 5.41) is 0.958. The van der Waals surface area contributed by atoms with Crippen LogP contribution in [0.5, 0.6) is 0 Å². The van der Waals surface area contributed by atoms with E-state index in [2.05, 4.69) is 23.1 Å². The highest BCUT2D eigenvalue weighted by Crippen LogP contribution is 2.27. The quantitative estimate of drug-likeness (QED) is 0.880. The molecule has 0 radical (unpaired) electrons. The van der Waals surface area contributed by atoms with Gasteiger partial charge in [0.1, 0.15) is 11.4 Å². The molecule has 0 saturated carbocycles. The van der Waals surface area contributed by atoms with Crippen molar-refractivity contribution < 1.29 is 18.0 Å². The number of carbonyl (C=O) groups excluding carboxylic acids is 1. The van der Waals surface area contributed by atoms with E-state index in [1.807, 2.05) is 0 Å². The van der Waals surface area contributed by atoms with Crippen LogP contribution in [0.15, 0.2) is 37.1 Å². The fourth-order valence-electron chi connectivity index (χ4n) is 1.83. The molecule has 2 aromatic rings. The first kappa shape index (κ1) is 14.8. The molecule has 0 unspecified atom stereocenters. The lowest BCUT2D eigenvalue weighted by molar-refractivity contribution is -0.141. The van der Waals surface area contributed by atoms with Crippen molar-refractivity contribution in [3.05, 3.63) is 64.6 Å². The second-order valence-electron chi connectivity index (χ2n) is 4.23. The number of ketones is 1. The van der Waals surface area contributed by atoms with E-state index in [-0.39, 0.29) is 11.3 Å². The molecule has 3 nitrogen and oxygen atoms in total. The van der Waals surface area contributed by atoms with E-state index >= 15 is 0 Å². The molecule has 0 spiro atoms. The highest BCUT2D eigenvalue weighted by atomic mass is 19.4.